The van der Waals surface area contributed by atoms with Crippen LogP contribution in [-0.2, 0) is 28.8 Å². The third kappa shape index (κ3) is 14.5. The lowest BCUT2D eigenvalue weighted by Gasteiger charge is -2.25. The number of hydrogen-bond acceptors (Lipinski definition) is 11. The van der Waals surface area contributed by atoms with E-state index in [9.17, 15) is 33.9 Å². The predicted molar refractivity (Wildman–Crippen MR) is 143 cm³/mol. The normalized spacial score (nSPS) is 14.4. The number of nitrogens with two attached hydrogens (primary N) is 3. The monoisotopic (exact) mass is 594 g/mol. The van der Waals surface area contributed by atoms with E-state index in [-0.39, 0.29) is 31.8 Å². The van der Waals surface area contributed by atoms with Gasteiger partial charge in [0, 0.05) is 6.54 Å². The van der Waals surface area contributed by atoms with Gasteiger partial charge in [0.2, 0.25) is 23.6 Å². The summed E-state index contributed by atoms with van der Waals surface area (Å²) in [6.45, 7) is -1.77. The third-order valence-corrected chi connectivity index (χ3v) is 5.81. The van der Waals surface area contributed by atoms with Gasteiger partial charge in [0.05, 0.1) is 25.7 Å². The number of nitrogens with zero attached hydrogens (tertiary/aromatic N) is 1. The molecule has 0 aromatic heterocycles. The molecule has 0 bridgehead atoms. The van der Waals surface area contributed by atoms with Crippen molar-refractivity contribution in [3.8, 4) is 0 Å². The summed E-state index contributed by atoms with van der Waals surface area (Å²) in [4.78, 5) is 76.5. The highest BCUT2D eigenvalue weighted by atomic mass is 32.2. The Morgan fingerprint density at radius 1 is 0.775 bits per heavy atom. The van der Waals surface area contributed by atoms with Crippen LogP contribution in [0.4, 0.5) is 0 Å². The van der Waals surface area contributed by atoms with E-state index in [4.69, 9.17) is 32.5 Å². The molecule has 0 heterocycles. The fourth-order valence-corrected chi connectivity index (χ4v) is 3.50. The van der Waals surface area contributed by atoms with Crippen molar-refractivity contribution in [2.24, 2.45) is 22.2 Å². The summed E-state index contributed by atoms with van der Waals surface area (Å²) in [5.41, 5.74) is 16.1. The molecule has 0 aromatic carbocycles. The number of aliphatic hydroxyl groups is 2. The highest BCUT2D eigenvalue weighted by molar-refractivity contribution is 7.98. The summed E-state index contributed by atoms with van der Waals surface area (Å²) in [6, 6.07) is -7.29. The maximum Gasteiger partial charge on any atom is 0.328 e. The van der Waals surface area contributed by atoms with Crippen molar-refractivity contribution >= 4 is 53.3 Å². The zero-order chi connectivity index (χ0) is 30.8. The van der Waals surface area contributed by atoms with Gasteiger partial charge >= 0.3 is 11.9 Å². The van der Waals surface area contributed by atoms with E-state index < -0.39 is 85.4 Å². The van der Waals surface area contributed by atoms with Crippen molar-refractivity contribution in [3.63, 3.8) is 0 Å². The average Bonchev–Trinajstić information content (AvgIpc) is 2.88. The molecule has 0 aliphatic heterocycles. The fourth-order valence-electron chi connectivity index (χ4n) is 3.03. The van der Waals surface area contributed by atoms with Crippen molar-refractivity contribution < 1.29 is 49.2 Å². The largest absolute Gasteiger partial charge is 0.481 e. The second-order valence-electron chi connectivity index (χ2n) is 8.38. The molecule has 0 rings (SSSR count). The van der Waals surface area contributed by atoms with Crippen LogP contribution in [-0.4, -0.2) is 124 Å². The lowest BCUT2D eigenvalue weighted by molar-refractivity contribution is -0.143. The number of carbonyl (C=O) groups is 6. The summed E-state index contributed by atoms with van der Waals surface area (Å²) in [6.07, 6.45) is 1.27. The van der Waals surface area contributed by atoms with Crippen LogP contribution in [0.3, 0.4) is 0 Å². The van der Waals surface area contributed by atoms with Gasteiger partial charge < -0.3 is 58.9 Å². The molecule has 0 saturated heterocycles. The first-order valence-corrected chi connectivity index (χ1v) is 13.3. The molecule has 14 N–H and O–H groups in total. The zero-order valence-electron chi connectivity index (χ0n) is 21.9. The van der Waals surface area contributed by atoms with Gasteiger partial charge in [-0.1, -0.05) is 0 Å². The number of nitrogens with one attached hydrogen (secondary N) is 4. The third-order valence-electron chi connectivity index (χ3n) is 5.17. The highest BCUT2D eigenvalue weighted by Crippen LogP contribution is 2.06. The van der Waals surface area contributed by atoms with E-state index >= 15 is 0 Å². The van der Waals surface area contributed by atoms with Gasteiger partial charge in [-0.05, 0) is 31.3 Å². The van der Waals surface area contributed by atoms with Crippen LogP contribution < -0.4 is 38.5 Å². The molecule has 5 atom stereocenters. The average molecular weight is 595 g/mol. The van der Waals surface area contributed by atoms with Gasteiger partial charge in [0.15, 0.2) is 5.96 Å². The van der Waals surface area contributed by atoms with Crippen LogP contribution in [0.5, 0.6) is 0 Å². The first-order valence-electron chi connectivity index (χ1n) is 11.9. The minimum Gasteiger partial charge on any atom is -0.481 e. The molecule has 4 amide bonds. The van der Waals surface area contributed by atoms with E-state index in [2.05, 4.69) is 20.9 Å². The van der Waals surface area contributed by atoms with Crippen LogP contribution in [0.15, 0.2) is 4.99 Å². The molecule has 228 valence electrons. The van der Waals surface area contributed by atoms with Crippen LogP contribution in [0.1, 0.15) is 25.7 Å². The number of carboxylic acids is 2. The molecule has 0 saturated carbocycles. The Kier molecular flexibility index (Phi) is 17.6. The van der Waals surface area contributed by atoms with Gasteiger partial charge in [-0.3, -0.25) is 29.0 Å². The summed E-state index contributed by atoms with van der Waals surface area (Å²) in [7, 11) is 0. The van der Waals surface area contributed by atoms with Crippen LogP contribution in [0.2, 0.25) is 0 Å². The maximum atomic E-state index is 13.1. The minimum atomic E-state index is -1.68. The molecule has 0 fully saturated rings. The molecule has 0 aliphatic carbocycles. The van der Waals surface area contributed by atoms with E-state index in [1.54, 1.807) is 6.26 Å². The number of carbonyl (C=O) groups excluding carboxylic acids is 4. The SMILES string of the molecule is CSCC[C@H](NC(=O)[C@H](CCCN=C(N)N)NC(=O)[C@@H](N)CC(=O)O)C(=O)N[C@@H](CO)C(=O)N[C@@H](CO)C(=O)O. The first-order chi connectivity index (χ1) is 18.8. The van der Waals surface area contributed by atoms with Crippen molar-refractivity contribution in [3.05, 3.63) is 0 Å². The van der Waals surface area contributed by atoms with Crippen molar-refractivity contribution in [2.75, 3.05) is 31.8 Å². The second kappa shape index (κ2) is 19.4. The highest BCUT2D eigenvalue weighted by Gasteiger charge is 2.31. The topological polar surface area (TPSA) is 322 Å². The van der Waals surface area contributed by atoms with E-state index in [1.165, 1.54) is 11.8 Å². The lowest BCUT2D eigenvalue weighted by Crippen LogP contribution is -2.59. The summed E-state index contributed by atoms with van der Waals surface area (Å²) in [5, 5.41) is 45.5. The molecule has 40 heavy (non-hydrogen) atoms. The Hall–Kier alpha value is -3.68. The van der Waals surface area contributed by atoms with Gasteiger partial charge in [0.25, 0.3) is 0 Å². The van der Waals surface area contributed by atoms with Gasteiger partial charge in [0.1, 0.15) is 24.2 Å². The number of aliphatic carboxylic acids is 2. The molecule has 0 unspecified atom stereocenters. The minimum absolute atomic E-state index is 0.0234. The Bertz CT molecular complexity index is 918. The molecule has 0 radical (unpaired) electrons. The molecule has 0 spiro atoms. The number of aliphatic hydroxyl groups excluding tert-OH is 2. The first kappa shape index (κ1) is 36.3. The van der Waals surface area contributed by atoms with Crippen LogP contribution in [0.25, 0.3) is 0 Å². The van der Waals surface area contributed by atoms with Crippen LogP contribution >= 0.6 is 11.8 Å². The number of hydrogen-bond donors (Lipinski definition) is 11. The van der Waals surface area contributed by atoms with Crippen molar-refractivity contribution in [2.45, 2.75) is 55.9 Å². The Morgan fingerprint density at radius 3 is 1.73 bits per heavy atom. The molecular weight excluding hydrogens is 556 g/mol. The number of rotatable bonds is 20. The van der Waals surface area contributed by atoms with Crippen LogP contribution in [0, 0.1) is 0 Å². The van der Waals surface area contributed by atoms with Gasteiger partial charge in [-0.15, -0.1) is 0 Å². The van der Waals surface area contributed by atoms with Crippen molar-refractivity contribution in [1.82, 2.24) is 21.3 Å². The molecule has 0 aliphatic rings. The number of thioether (sulfide) groups is 1. The zero-order valence-corrected chi connectivity index (χ0v) is 22.7. The summed E-state index contributed by atoms with van der Waals surface area (Å²) >= 11 is 1.33. The standard InChI is InChI=1S/C21H38N8O10S/c1-40-6-4-12(18(36)28-13(8-30)19(37)29-14(9-31)20(38)39)27-17(35)11(3-2-5-25-21(23)24)26-16(34)10(22)7-15(32)33/h10-14,30-31H,2-9,22H2,1H3,(H,26,34)(H,27,35)(H,28,36)(H,29,37)(H,32,33)(H,38,39)(H4,23,24,25)/t10-,11-,12-,13-,14-/m0/s1. The van der Waals surface area contributed by atoms with E-state index in [1.807, 2.05) is 5.32 Å². The Labute approximate surface area is 233 Å². The molecule has 0 aromatic rings. The number of guanidine groups is 1. The van der Waals surface area contributed by atoms with E-state index in [0.29, 0.717) is 5.75 Å². The van der Waals surface area contributed by atoms with Crippen molar-refractivity contribution in [1.29, 1.82) is 0 Å². The Balaban J connectivity index is 5.68. The molecular formula is C21H38N8O10S. The molecule has 18 nitrogen and oxygen atoms in total. The smallest absolute Gasteiger partial charge is 0.328 e. The summed E-state index contributed by atoms with van der Waals surface area (Å²) in [5.74, 6) is -6.46. The maximum absolute atomic E-state index is 13.1. The Morgan fingerprint density at radius 2 is 1.25 bits per heavy atom. The fraction of sp³-hybridized carbons (Fsp3) is 0.667. The van der Waals surface area contributed by atoms with Gasteiger partial charge in [-0.25, -0.2) is 4.79 Å². The number of carboxylic acid groups (broad SMARTS) is 2. The molecule has 19 heteroatoms. The quantitative estimate of drug-likeness (QED) is 0.0356. The summed E-state index contributed by atoms with van der Waals surface area (Å²) < 4.78 is 0. The second-order valence-corrected chi connectivity index (χ2v) is 9.37. The number of aliphatic imine (C=N–C) groups is 1. The predicted octanol–water partition coefficient (Wildman–Crippen LogP) is -5.40. The van der Waals surface area contributed by atoms with Gasteiger partial charge in [-0.2, -0.15) is 11.8 Å². The van der Waals surface area contributed by atoms with E-state index in [0.717, 1.165) is 0 Å². The number of amides is 4. The lowest BCUT2D eigenvalue weighted by atomic mass is 10.1.